The monoisotopic (exact) mass is 415 g/mol. The van der Waals surface area contributed by atoms with Gasteiger partial charge >= 0.3 is 0 Å². The number of halogens is 2. The lowest BCUT2D eigenvalue weighted by atomic mass is 10.1. The molecule has 152 valence electrons. The first-order valence-corrected chi connectivity index (χ1v) is 9.79. The third kappa shape index (κ3) is 6.14. The highest BCUT2D eigenvalue weighted by atomic mass is 35.5. The standard InChI is InChI=1S/C22H23ClFN3O2/c1-16(28)25-21-14-19(23)6-4-18(21)5-9-22(29)27-12-10-26(11-13-27)15-17-2-7-20(24)8-3-17/h2-9,14H,10-13,15H2,1H3,(H,25,28). The van der Waals surface area contributed by atoms with Gasteiger partial charge in [-0.2, -0.15) is 0 Å². The van der Waals surface area contributed by atoms with Crippen LogP contribution in [0.25, 0.3) is 6.08 Å². The first kappa shape index (κ1) is 21.0. The SMILES string of the molecule is CC(=O)Nc1cc(Cl)ccc1C=CC(=O)N1CCN(Cc2ccc(F)cc2)CC1. The molecule has 5 nitrogen and oxygen atoms in total. The molecule has 0 radical (unpaired) electrons. The van der Waals surface area contributed by atoms with E-state index in [1.165, 1.54) is 25.1 Å². The van der Waals surface area contributed by atoms with Crippen molar-refractivity contribution >= 4 is 35.2 Å². The van der Waals surface area contributed by atoms with Gasteiger partial charge in [0, 0.05) is 56.4 Å². The fourth-order valence-corrected chi connectivity index (χ4v) is 3.38. The maximum atomic E-state index is 13.0. The highest BCUT2D eigenvalue weighted by Gasteiger charge is 2.19. The molecule has 2 aromatic rings. The van der Waals surface area contributed by atoms with E-state index >= 15 is 0 Å². The van der Waals surface area contributed by atoms with Crippen LogP contribution in [0, 0.1) is 5.82 Å². The number of nitrogens with zero attached hydrogens (tertiary/aromatic N) is 2. The second-order valence-corrected chi connectivity index (χ2v) is 7.41. The van der Waals surface area contributed by atoms with E-state index in [0.717, 1.165) is 25.2 Å². The summed E-state index contributed by atoms with van der Waals surface area (Å²) in [6.45, 7) is 4.94. The maximum Gasteiger partial charge on any atom is 0.246 e. The molecule has 0 aromatic heterocycles. The zero-order chi connectivity index (χ0) is 20.8. The number of hydrogen-bond donors (Lipinski definition) is 1. The number of rotatable bonds is 5. The molecule has 1 aliphatic heterocycles. The van der Waals surface area contributed by atoms with Gasteiger partial charge in [0.25, 0.3) is 0 Å². The van der Waals surface area contributed by atoms with Crippen LogP contribution in [-0.4, -0.2) is 47.8 Å². The van der Waals surface area contributed by atoms with Gasteiger partial charge in [0.15, 0.2) is 0 Å². The fraction of sp³-hybridized carbons (Fsp3) is 0.273. The Morgan fingerprint density at radius 3 is 2.45 bits per heavy atom. The van der Waals surface area contributed by atoms with E-state index in [4.69, 9.17) is 11.6 Å². The van der Waals surface area contributed by atoms with Gasteiger partial charge in [0.2, 0.25) is 11.8 Å². The number of amides is 2. The minimum atomic E-state index is -0.238. The van der Waals surface area contributed by atoms with Crippen molar-refractivity contribution in [2.75, 3.05) is 31.5 Å². The van der Waals surface area contributed by atoms with Crippen molar-refractivity contribution in [3.63, 3.8) is 0 Å². The second kappa shape index (κ2) is 9.67. The van der Waals surface area contributed by atoms with Gasteiger partial charge in [-0.25, -0.2) is 4.39 Å². The Morgan fingerprint density at radius 1 is 1.10 bits per heavy atom. The maximum absolute atomic E-state index is 13.0. The molecule has 1 aliphatic rings. The molecular formula is C22H23ClFN3O2. The Labute approximate surface area is 174 Å². The van der Waals surface area contributed by atoms with Crippen molar-refractivity contribution < 1.29 is 14.0 Å². The van der Waals surface area contributed by atoms with Crippen molar-refractivity contribution in [2.24, 2.45) is 0 Å². The first-order chi connectivity index (χ1) is 13.9. The van der Waals surface area contributed by atoms with Crippen molar-refractivity contribution in [3.8, 4) is 0 Å². The molecule has 1 saturated heterocycles. The fourth-order valence-electron chi connectivity index (χ4n) is 3.21. The summed E-state index contributed by atoms with van der Waals surface area (Å²) in [6, 6.07) is 11.6. The number of carbonyl (C=O) groups excluding carboxylic acids is 2. The van der Waals surface area contributed by atoms with Gasteiger partial charge < -0.3 is 10.2 Å². The van der Waals surface area contributed by atoms with E-state index in [0.29, 0.717) is 29.4 Å². The molecule has 0 saturated carbocycles. The Morgan fingerprint density at radius 2 is 1.79 bits per heavy atom. The first-order valence-electron chi connectivity index (χ1n) is 9.41. The topological polar surface area (TPSA) is 52.7 Å². The van der Waals surface area contributed by atoms with E-state index in [-0.39, 0.29) is 17.6 Å². The zero-order valence-electron chi connectivity index (χ0n) is 16.2. The van der Waals surface area contributed by atoms with Crippen LogP contribution >= 0.6 is 11.6 Å². The number of anilines is 1. The number of carbonyl (C=O) groups is 2. The van der Waals surface area contributed by atoms with Crippen LogP contribution in [0.3, 0.4) is 0 Å². The largest absolute Gasteiger partial charge is 0.337 e. The average molecular weight is 416 g/mol. The lowest BCUT2D eigenvalue weighted by Crippen LogP contribution is -2.47. The second-order valence-electron chi connectivity index (χ2n) is 6.97. The predicted molar refractivity (Wildman–Crippen MR) is 113 cm³/mol. The quantitative estimate of drug-likeness (QED) is 0.756. The van der Waals surface area contributed by atoms with Gasteiger partial charge in [-0.15, -0.1) is 0 Å². The summed E-state index contributed by atoms with van der Waals surface area (Å²) in [4.78, 5) is 27.9. The van der Waals surface area contributed by atoms with Crippen molar-refractivity contribution in [1.29, 1.82) is 0 Å². The molecule has 29 heavy (non-hydrogen) atoms. The molecule has 1 heterocycles. The normalized spacial score (nSPS) is 14.9. The Hall–Kier alpha value is -2.70. The third-order valence-electron chi connectivity index (χ3n) is 4.73. The lowest BCUT2D eigenvalue weighted by Gasteiger charge is -2.34. The number of benzene rings is 2. The summed E-state index contributed by atoms with van der Waals surface area (Å²) in [6.07, 6.45) is 3.21. The van der Waals surface area contributed by atoms with Crippen LogP contribution in [0.15, 0.2) is 48.5 Å². The van der Waals surface area contributed by atoms with Crippen LogP contribution in [0.4, 0.5) is 10.1 Å². The molecule has 2 aromatic carbocycles. The number of hydrogen-bond acceptors (Lipinski definition) is 3. The van der Waals surface area contributed by atoms with Gasteiger partial charge in [-0.3, -0.25) is 14.5 Å². The van der Waals surface area contributed by atoms with Gasteiger partial charge in [0.1, 0.15) is 5.82 Å². The van der Waals surface area contributed by atoms with Gasteiger partial charge in [-0.1, -0.05) is 29.8 Å². The molecule has 2 amide bonds. The average Bonchev–Trinajstić information content (AvgIpc) is 2.69. The van der Waals surface area contributed by atoms with Crippen LogP contribution < -0.4 is 5.32 Å². The molecule has 0 bridgehead atoms. The predicted octanol–water partition coefficient (Wildman–Crippen LogP) is 3.80. The summed E-state index contributed by atoms with van der Waals surface area (Å²) < 4.78 is 13.0. The molecule has 0 unspecified atom stereocenters. The number of piperazine rings is 1. The van der Waals surface area contributed by atoms with Crippen molar-refractivity contribution in [2.45, 2.75) is 13.5 Å². The third-order valence-corrected chi connectivity index (χ3v) is 4.97. The summed E-state index contributed by atoms with van der Waals surface area (Å²) in [5.74, 6) is -0.515. The molecule has 0 spiro atoms. The summed E-state index contributed by atoms with van der Waals surface area (Å²) >= 11 is 5.99. The summed E-state index contributed by atoms with van der Waals surface area (Å²) in [5.41, 5.74) is 2.34. The van der Waals surface area contributed by atoms with Crippen molar-refractivity contribution in [3.05, 3.63) is 70.5 Å². The van der Waals surface area contributed by atoms with Gasteiger partial charge in [-0.05, 0) is 41.5 Å². The molecule has 7 heteroatoms. The Kier molecular flexibility index (Phi) is 7.01. The number of nitrogens with one attached hydrogen (secondary N) is 1. The van der Waals surface area contributed by atoms with Crippen LogP contribution in [0.1, 0.15) is 18.1 Å². The van der Waals surface area contributed by atoms with Crippen LogP contribution in [-0.2, 0) is 16.1 Å². The Bertz CT molecular complexity index is 907. The highest BCUT2D eigenvalue weighted by molar-refractivity contribution is 6.31. The molecule has 0 aliphatic carbocycles. The van der Waals surface area contributed by atoms with Crippen molar-refractivity contribution in [1.82, 2.24) is 9.80 Å². The minimum Gasteiger partial charge on any atom is -0.337 e. The lowest BCUT2D eigenvalue weighted by molar-refractivity contribution is -0.127. The van der Waals surface area contributed by atoms with Crippen LogP contribution in [0.5, 0.6) is 0 Å². The summed E-state index contributed by atoms with van der Waals surface area (Å²) in [5, 5.41) is 3.23. The van der Waals surface area contributed by atoms with Gasteiger partial charge in [0.05, 0.1) is 0 Å². The Balaban J connectivity index is 1.56. The highest BCUT2D eigenvalue weighted by Crippen LogP contribution is 2.22. The van der Waals surface area contributed by atoms with Crippen LogP contribution in [0.2, 0.25) is 5.02 Å². The summed E-state index contributed by atoms with van der Waals surface area (Å²) in [7, 11) is 0. The molecule has 1 N–H and O–H groups in total. The molecule has 1 fully saturated rings. The van der Waals surface area contributed by atoms with E-state index < -0.39 is 0 Å². The van der Waals surface area contributed by atoms with E-state index in [9.17, 15) is 14.0 Å². The molecular weight excluding hydrogens is 393 g/mol. The van der Waals surface area contributed by atoms with E-state index in [1.807, 2.05) is 0 Å². The minimum absolute atomic E-state index is 0.0739. The smallest absolute Gasteiger partial charge is 0.246 e. The van der Waals surface area contributed by atoms with E-state index in [2.05, 4.69) is 10.2 Å². The molecule has 0 atom stereocenters. The zero-order valence-corrected chi connectivity index (χ0v) is 17.0. The molecule has 3 rings (SSSR count). The van der Waals surface area contributed by atoms with E-state index in [1.54, 1.807) is 41.3 Å².